The molecule has 0 bridgehead atoms. The van der Waals surface area contributed by atoms with E-state index in [2.05, 4.69) is 18.0 Å². The van der Waals surface area contributed by atoms with Crippen LogP contribution in [0.25, 0.3) is 0 Å². The summed E-state index contributed by atoms with van der Waals surface area (Å²) in [4.78, 5) is 2.23. The van der Waals surface area contributed by atoms with Crippen molar-refractivity contribution in [3.05, 3.63) is 23.7 Å². The average Bonchev–Trinajstić information content (AvgIpc) is 2.62. The van der Waals surface area contributed by atoms with Crippen LogP contribution in [-0.2, 0) is 6.42 Å². The van der Waals surface area contributed by atoms with Gasteiger partial charge in [-0.05, 0) is 39.1 Å². The third-order valence-corrected chi connectivity index (χ3v) is 2.36. The molecule has 1 aromatic rings. The van der Waals surface area contributed by atoms with Gasteiger partial charge in [-0.3, -0.25) is 0 Å². The normalized spacial score (nSPS) is 10.5. The number of hydrogen-bond donors (Lipinski definition) is 0. The van der Waals surface area contributed by atoms with Crippen molar-refractivity contribution in [3.63, 3.8) is 0 Å². The maximum atomic E-state index is 8.41. The van der Waals surface area contributed by atoms with Crippen LogP contribution in [0.5, 0.6) is 0 Å². The summed E-state index contributed by atoms with van der Waals surface area (Å²) in [5.41, 5.74) is 0. The van der Waals surface area contributed by atoms with Crippen molar-refractivity contribution in [3.8, 4) is 6.07 Å². The first-order valence-electron chi connectivity index (χ1n) is 5.33. The van der Waals surface area contributed by atoms with E-state index in [1.54, 1.807) is 0 Å². The molecule has 0 saturated carbocycles. The van der Waals surface area contributed by atoms with E-state index in [4.69, 9.17) is 9.68 Å². The lowest BCUT2D eigenvalue weighted by molar-refractivity contribution is 0.323. The van der Waals surface area contributed by atoms with Crippen molar-refractivity contribution in [2.75, 3.05) is 20.1 Å². The van der Waals surface area contributed by atoms with Crippen LogP contribution in [0.4, 0.5) is 0 Å². The van der Waals surface area contributed by atoms with Crippen molar-refractivity contribution in [2.24, 2.45) is 0 Å². The molecule has 3 heteroatoms. The molecule has 0 aromatic carbocycles. The quantitative estimate of drug-likeness (QED) is 0.671. The lowest BCUT2D eigenvalue weighted by Gasteiger charge is -2.14. The molecule has 0 radical (unpaired) electrons. The van der Waals surface area contributed by atoms with Crippen LogP contribution >= 0.6 is 0 Å². The van der Waals surface area contributed by atoms with Crippen molar-refractivity contribution < 1.29 is 4.42 Å². The van der Waals surface area contributed by atoms with Gasteiger partial charge in [-0.25, -0.2) is 0 Å². The molecule has 15 heavy (non-hydrogen) atoms. The number of hydrogen-bond acceptors (Lipinski definition) is 3. The molecule has 0 unspecified atom stereocenters. The summed E-state index contributed by atoms with van der Waals surface area (Å²) in [5, 5.41) is 8.41. The van der Waals surface area contributed by atoms with Crippen LogP contribution in [0.1, 0.15) is 24.4 Å². The summed E-state index contributed by atoms with van der Waals surface area (Å²) < 4.78 is 5.48. The van der Waals surface area contributed by atoms with Crippen LogP contribution in [0, 0.1) is 18.3 Å². The summed E-state index contributed by atoms with van der Waals surface area (Å²) in [5.74, 6) is 2.01. The molecule has 0 fully saturated rings. The van der Waals surface area contributed by atoms with Gasteiger partial charge in [-0.1, -0.05) is 0 Å². The molecule has 0 aliphatic carbocycles. The topological polar surface area (TPSA) is 40.2 Å². The third-order valence-electron chi connectivity index (χ3n) is 2.36. The Morgan fingerprint density at radius 2 is 2.20 bits per heavy atom. The Labute approximate surface area is 91.3 Å². The van der Waals surface area contributed by atoms with Crippen molar-refractivity contribution in [2.45, 2.75) is 26.2 Å². The Bertz CT molecular complexity index is 325. The Morgan fingerprint density at radius 1 is 1.40 bits per heavy atom. The summed E-state index contributed by atoms with van der Waals surface area (Å²) in [7, 11) is 2.08. The van der Waals surface area contributed by atoms with E-state index < -0.39 is 0 Å². The van der Waals surface area contributed by atoms with Crippen LogP contribution < -0.4 is 0 Å². The first-order valence-corrected chi connectivity index (χ1v) is 5.33. The minimum atomic E-state index is 0.643. The first-order chi connectivity index (χ1) is 7.22. The molecule has 0 amide bonds. The van der Waals surface area contributed by atoms with E-state index in [1.807, 2.05) is 19.1 Å². The number of likely N-dealkylation sites (N-methyl/N-ethyl adjacent to an activating group) is 1. The molecule has 0 aliphatic rings. The zero-order valence-electron chi connectivity index (χ0n) is 9.49. The van der Waals surface area contributed by atoms with E-state index in [9.17, 15) is 0 Å². The van der Waals surface area contributed by atoms with E-state index in [0.29, 0.717) is 6.42 Å². The first kappa shape index (κ1) is 11.8. The molecule has 1 heterocycles. The second kappa shape index (κ2) is 6.26. The zero-order chi connectivity index (χ0) is 11.1. The third kappa shape index (κ3) is 4.66. The molecule has 0 atom stereocenters. The monoisotopic (exact) mass is 206 g/mol. The van der Waals surface area contributed by atoms with E-state index in [-0.39, 0.29) is 0 Å². The number of furan rings is 1. The number of unbranched alkanes of at least 4 members (excludes halogenated alkanes) is 1. The molecule has 0 N–H and O–H groups in total. The molecule has 82 valence electrons. The fourth-order valence-electron chi connectivity index (χ4n) is 1.46. The van der Waals surface area contributed by atoms with Gasteiger partial charge >= 0.3 is 0 Å². The fraction of sp³-hybridized carbons (Fsp3) is 0.583. The van der Waals surface area contributed by atoms with Crippen molar-refractivity contribution >= 4 is 0 Å². The highest BCUT2D eigenvalue weighted by molar-refractivity contribution is 5.05. The van der Waals surface area contributed by atoms with Crippen molar-refractivity contribution in [1.82, 2.24) is 4.90 Å². The van der Waals surface area contributed by atoms with Crippen LogP contribution in [0.15, 0.2) is 16.5 Å². The molecular formula is C12H18N2O. The minimum absolute atomic E-state index is 0.643. The lowest BCUT2D eigenvalue weighted by atomic mass is 10.3. The summed E-state index contributed by atoms with van der Waals surface area (Å²) in [6.45, 7) is 3.92. The summed E-state index contributed by atoms with van der Waals surface area (Å²) in [6, 6.07) is 6.17. The van der Waals surface area contributed by atoms with E-state index in [1.165, 1.54) is 0 Å². The standard InChI is InChI=1S/C12H18N2O/c1-11-5-6-12(15-11)7-10-14(2)9-4-3-8-13/h5-6H,3-4,7,9-10H2,1-2H3. The number of nitriles is 1. The molecule has 0 spiro atoms. The van der Waals surface area contributed by atoms with Gasteiger partial charge in [-0.2, -0.15) is 5.26 Å². The maximum absolute atomic E-state index is 8.41. The van der Waals surface area contributed by atoms with E-state index >= 15 is 0 Å². The molecule has 1 rings (SSSR count). The fourth-order valence-corrected chi connectivity index (χ4v) is 1.46. The molecular weight excluding hydrogens is 188 g/mol. The maximum Gasteiger partial charge on any atom is 0.105 e. The highest BCUT2D eigenvalue weighted by Crippen LogP contribution is 2.07. The van der Waals surface area contributed by atoms with Gasteiger partial charge in [0.25, 0.3) is 0 Å². The van der Waals surface area contributed by atoms with Gasteiger partial charge < -0.3 is 9.32 Å². The number of aryl methyl sites for hydroxylation is 1. The Hall–Kier alpha value is -1.27. The second-order valence-corrected chi connectivity index (χ2v) is 3.83. The Kier molecular flexibility index (Phi) is 4.92. The average molecular weight is 206 g/mol. The van der Waals surface area contributed by atoms with Gasteiger partial charge in [0.05, 0.1) is 6.07 Å². The van der Waals surface area contributed by atoms with Crippen LogP contribution in [0.3, 0.4) is 0 Å². The molecule has 0 saturated heterocycles. The van der Waals surface area contributed by atoms with Crippen molar-refractivity contribution in [1.29, 1.82) is 5.26 Å². The molecule has 3 nitrogen and oxygen atoms in total. The summed E-state index contributed by atoms with van der Waals surface area (Å²) >= 11 is 0. The van der Waals surface area contributed by atoms with Crippen LogP contribution in [0.2, 0.25) is 0 Å². The zero-order valence-corrected chi connectivity index (χ0v) is 9.49. The van der Waals surface area contributed by atoms with Gasteiger partial charge in [0.1, 0.15) is 11.5 Å². The molecule has 0 aliphatic heterocycles. The number of rotatable bonds is 6. The van der Waals surface area contributed by atoms with Gasteiger partial charge in [0.15, 0.2) is 0 Å². The Balaban J connectivity index is 2.17. The molecule has 1 aromatic heterocycles. The smallest absolute Gasteiger partial charge is 0.105 e. The van der Waals surface area contributed by atoms with Gasteiger partial charge in [-0.15, -0.1) is 0 Å². The van der Waals surface area contributed by atoms with E-state index in [0.717, 1.165) is 37.5 Å². The minimum Gasteiger partial charge on any atom is -0.466 e. The Morgan fingerprint density at radius 3 is 2.80 bits per heavy atom. The predicted octanol–water partition coefficient (Wildman–Crippen LogP) is 2.37. The highest BCUT2D eigenvalue weighted by Gasteiger charge is 2.02. The van der Waals surface area contributed by atoms with Gasteiger partial charge in [0, 0.05) is 19.4 Å². The SMILES string of the molecule is Cc1ccc(CCN(C)CCCC#N)o1. The summed E-state index contributed by atoms with van der Waals surface area (Å²) in [6.07, 6.45) is 2.53. The lowest BCUT2D eigenvalue weighted by Crippen LogP contribution is -2.22. The largest absolute Gasteiger partial charge is 0.466 e. The van der Waals surface area contributed by atoms with Crippen LogP contribution in [-0.4, -0.2) is 25.0 Å². The predicted molar refractivity (Wildman–Crippen MR) is 59.5 cm³/mol. The highest BCUT2D eigenvalue weighted by atomic mass is 16.3. The number of nitrogens with zero attached hydrogens (tertiary/aromatic N) is 2. The second-order valence-electron chi connectivity index (χ2n) is 3.83. The van der Waals surface area contributed by atoms with Gasteiger partial charge in [0.2, 0.25) is 0 Å².